The second-order valence-corrected chi connectivity index (χ2v) is 2.34. The maximum Gasteiger partial charge on any atom is 0.116 e. The minimum absolute atomic E-state index is 0.788. The van der Waals surface area contributed by atoms with Crippen LogP contribution in [0.15, 0.2) is 30.6 Å². The van der Waals surface area contributed by atoms with Crippen molar-refractivity contribution in [2.75, 3.05) is 0 Å². The molecule has 0 unspecified atom stereocenters. The molecule has 0 spiro atoms. The Morgan fingerprint density at radius 3 is 2.73 bits per heavy atom. The molecule has 1 aromatic carbocycles. The normalized spacial score (nSPS) is 10.3. The average molecular weight is 143 g/mol. The Morgan fingerprint density at radius 1 is 1.09 bits per heavy atom. The summed E-state index contributed by atoms with van der Waals surface area (Å²) in [5.74, 6) is 0. The molecule has 0 aliphatic heterocycles. The Hall–Kier alpha value is -1.44. The third kappa shape index (κ3) is 0.963. The minimum Gasteiger partial charge on any atom is -0.241 e. The summed E-state index contributed by atoms with van der Waals surface area (Å²) in [6, 6.07) is 7.83. The first-order valence-corrected chi connectivity index (χ1v) is 3.39. The number of hydrogen-bond acceptors (Lipinski definition) is 2. The first-order valence-electron chi connectivity index (χ1n) is 3.39. The van der Waals surface area contributed by atoms with Crippen LogP contribution in [0.2, 0.25) is 0 Å². The van der Waals surface area contributed by atoms with Gasteiger partial charge in [0.15, 0.2) is 0 Å². The van der Waals surface area contributed by atoms with Crippen molar-refractivity contribution < 1.29 is 0 Å². The zero-order valence-corrected chi connectivity index (χ0v) is 5.99. The molecular weight excluding hydrogens is 136 g/mol. The monoisotopic (exact) mass is 143 g/mol. The van der Waals surface area contributed by atoms with Gasteiger partial charge in [-0.3, -0.25) is 0 Å². The third-order valence-corrected chi connectivity index (χ3v) is 1.63. The number of benzene rings is 1. The van der Waals surface area contributed by atoms with E-state index in [2.05, 4.69) is 16.9 Å². The van der Waals surface area contributed by atoms with Gasteiger partial charge in [-0.25, -0.2) is 9.97 Å². The summed E-state index contributed by atoms with van der Waals surface area (Å²) in [5.41, 5.74) is 1.74. The van der Waals surface area contributed by atoms with Gasteiger partial charge in [-0.1, -0.05) is 18.2 Å². The molecule has 0 N–H and O–H groups in total. The molecule has 0 saturated carbocycles. The number of nitrogens with zero attached hydrogens (tertiary/aromatic N) is 2. The highest BCUT2D eigenvalue weighted by Gasteiger charge is 1.94. The van der Waals surface area contributed by atoms with Crippen molar-refractivity contribution in [1.82, 2.24) is 9.97 Å². The van der Waals surface area contributed by atoms with Crippen LogP contribution >= 0.6 is 0 Å². The van der Waals surface area contributed by atoms with Crippen LogP contribution < -0.4 is 0 Å². The zero-order valence-electron chi connectivity index (χ0n) is 5.99. The van der Waals surface area contributed by atoms with Crippen LogP contribution in [0, 0.1) is 6.92 Å². The van der Waals surface area contributed by atoms with Gasteiger partial charge in [0.25, 0.3) is 0 Å². The fourth-order valence-electron chi connectivity index (χ4n) is 1.06. The van der Waals surface area contributed by atoms with Crippen molar-refractivity contribution in [3.8, 4) is 0 Å². The molecule has 1 heterocycles. The Balaban J connectivity index is 2.91. The fourth-order valence-corrected chi connectivity index (χ4v) is 1.06. The topological polar surface area (TPSA) is 25.8 Å². The molecule has 1 radical (unpaired) electrons. The van der Waals surface area contributed by atoms with Crippen LogP contribution in [0.1, 0.15) is 5.69 Å². The predicted molar refractivity (Wildman–Crippen MR) is 44.0 cm³/mol. The first kappa shape index (κ1) is 6.28. The SMILES string of the molecule is [CH2]c1ncnc2ccccc12. The van der Waals surface area contributed by atoms with Crippen molar-refractivity contribution in [2.24, 2.45) is 0 Å². The average Bonchev–Trinajstić information content (AvgIpc) is 2.06. The fraction of sp³-hybridized carbons (Fsp3) is 0. The maximum absolute atomic E-state index is 4.09. The van der Waals surface area contributed by atoms with Gasteiger partial charge < -0.3 is 0 Å². The molecule has 0 atom stereocenters. The second-order valence-electron chi connectivity index (χ2n) is 2.34. The van der Waals surface area contributed by atoms with Crippen molar-refractivity contribution in [3.05, 3.63) is 43.2 Å². The van der Waals surface area contributed by atoms with Gasteiger partial charge in [0.2, 0.25) is 0 Å². The maximum atomic E-state index is 4.09. The lowest BCUT2D eigenvalue weighted by Crippen LogP contribution is -1.85. The molecule has 0 bridgehead atoms. The van der Waals surface area contributed by atoms with E-state index in [-0.39, 0.29) is 0 Å². The van der Waals surface area contributed by atoms with Crippen molar-refractivity contribution in [2.45, 2.75) is 0 Å². The molecule has 0 aliphatic carbocycles. The lowest BCUT2D eigenvalue weighted by atomic mass is 10.2. The number of para-hydroxylation sites is 1. The molecule has 0 amide bonds. The van der Waals surface area contributed by atoms with E-state index in [4.69, 9.17) is 0 Å². The molecule has 53 valence electrons. The lowest BCUT2D eigenvalue weighted by Gasteiger charge is -1.96. The molecule has 0 aliphatic rings. The van der Waals surface area contributed by atoms with Gasteiger partial charge in [-0.15, -0.1) is 0 Å². The predicted octanol–water partition coefficient (Wildman–Crippen LogP) is 1.81. The molecular formula is C9H7N2. The largest absolute Gasteiger partial charge is 0.241 e. The smallest absolute Gasteiger partial charge is 0.116 e. The van der Waals surface area contributed by atoms with E-state index in [0.717, 1.165) is 16.6 Å². The lowest BCUT2D eigenvalue weighted by molar-refractivity contribution is 1.19. The Morgan fingerprint density at radius 2 is 1.91 bits per heavy atom. The third-order valence-electron chi connectivity index (χ3n) is 1.63. The van der Waals surface area contributed by atoms with Crippen LogP contribution in [0.5, 0.6) is 0 Å². The van der Waals surface area contributed by atoms with E-state index in [0.29, 0.717) is 0 Å². The van der Waals surface area contributed by atoms with Crippen LogP contribution in [-0.2, 0) is 0 Å². The summed E-state index contributed by atoms with van der Waals surface area (Å²) in [6.07, 6.45) is 1.53. The van der Waals surface area contributed by atoms with Crippen LogP contribution in [0.25, 0.3) is 10.9 Å². The van der Waals surface area contributed by atoms with Crippen LogP contribution in [-0.4, -0.2) is 9.97 Å². The summed E-state index contributed by atoms with van der Waals surface area (Å²) < 4.78 is 0. The van der Waals surface area contributed by atoms with Gasteiger partial charge in [-0.2, -0.15) is 0 Å². The van der Waals surface area contributed by atoms with E-state index in [1.165, 1.54) is 6.33 Å². The van der Waals surface area contributed by atoms with Gasteiger partial charge >= 0.3 is 0 Å². The zero-order chi connectivity index (χ0) is 7.68. The van der Waals surface area contributed by atoms with Crippen LogP contribution in [0.4, 0.5) is 0 Å². The second kappa shape index (κ2) is 2.31. The van der Waals surface area contributed by atoms with Crippen LogP contribution in [0.3, 0.4) is 0 Å². The van der Waals surface area contributed by atoms with Gasteiger partial charge in [0.1, 0.15) is 6.33 Å². The highest BCUT2D eigenvalue weighted by atomic mass is 14.8. The number of hydrogen-bond donors (Lipinski definition) is 0. The van der Waals surface area contributed by atoms with Gasteiger partial charge in [-0.05, 0) is 13.0 Å². The van der Waals surface area contributed by atoms with E-state index >= 15 is 0 Å². The molecule has 2 nitrogen and oxygen atoms in total. The van der Waals surface area contributed by atoms with E-state index < -0.39 is 0 Å². The minimum atomic E-state index is 0.788. The van der Waals surface area contributed by atoms with E-state index in [1.54, 1.807) is 0 Å². The van der Waals surface area contributed by atoms with E-state index in [1.807, 2.05) is 24.3 Å². The summed E-state index contributed by atoms with van der Waals surface area (Å²) in [6.45, 7) is 3.80. The molecule has 2 aromatic rings. The van der Waals surface area contributed by atoms with Gasteiger partial charge in [0.05, 0.1) is 11.2 Å². The molecule has 2 rings (SSSR count). The van der Waals surface area contributed by atoms with Crippen molar-refractivity contribution in [1.29, 1.82) is 0 Å². The van der Waals surface area contributed by atoms with Gasteiger partial charge in [0, 0.05) is 5.39 Å². The Labute approximate surface area is 64.9 Å². The standard InChI is InChI=1S/C9H7N2/c1-7-8-4-2-3-5-9(8)11-6-10-7/h2-6H,1H2. The first-order chi connectivity index (χ1) is 5.38. The molecule has 11 heavy (non-hydrogen) atoms. The molecule has 2 heteroatoms. The van der Waals surface area contributed by atoms with E-state index in [9.17, 15) is 0 Å². The Kier molecular flexibility index (Phi) is 1.32. The number of rotatable bonds is 0. The Bertz CT molecular complexity index is 377. The quantitative estimate of drug-likeness (QED) is 0.562. The summed E-state index contributed by atoms with van der Waals surface area (Å²) in [4.78, 5) is 8.08. The number of fused-ring (bicyclic) bond motifs is 1. The highest BCUT2D eigenvalue weighted by molar-refractivity contribution is 5.80. The highest BCUT2D eigenvalue weighted by Crippen LogP contribution is 2.11. The molecule has 1 aromatic heterocycles. The summed E-state index contributed by atoms with van der Waals surface area (Å²) in [5, 5.41) is 1.02. The van der Waals surface area contributed by atoms with Crippen molar-refractivity contribution in [3.63, 3.8) is 0 Å². The van der Waals surface area contributed by atoms with Crippen molar-refractivity contribution >= 4 is 10.9 Å². The summed E-state index contributed by atoms with van der Waals surface area (Å²) >= 11 is 0. The number of aromatic nitrogens is 2. The molecule has 0 fully saturated rings. The molecule has 0 saturated heterocycles. The summed E-state index contributed by atoms with van der Waals surface area (Å²) in [7, 11) is 0.